The summed E-state index contributed by atoms with van der Waals surface area (Å²) in [5, 5.41) is 1.13. The molecule has 1 aromatic carbocycles. The molecule has 0 unspecified atom stereocenters. The smallest absolute Gasteiger partial charge is 0.00532 e. The van der Waals surface area contributed by atoms with Gasteiger partial charge in [0.05, 0.1) is 0 Å². The van der Waals surface area contributed by atoms with Crippen molar-refractivity contribution in [3.63, 3.8) is 0 Å². The summed E-state index contributed by atoms with van der Waals surface area (Å²) >= 11 is 0. The lowest BCUT2D eigenvalue weighted by atomic mass is 9.94. The van der Waals surface area contributed by atoms with Crippen molar-refractivity contribution < 1.29 is 0 Å². The lowest BCUT2D eigenvalue weighted by Crippen LogP contribution is -2.06. The Balaban J connectivity index is 2.92. The molecule has 0 aliphatic rings. The zero-order valence-corrected chi connectivity index (χ0v) is 8.64. The van der Waals surface area contributed by atoms with Gasteiger partial charge in [-0.3, -0.25) is 0 Å². The molecule has 0 aliphatic carbocycles. The fourth-order valence-electron chi connectivity index (χ4n) is 1.56. The van der Waals surface area contributed by atoms with Crippen molar-refractivity contribution in [1.82, 2.24) is 0 Å². The van der Waals surface area contributed by atoms with Crippen LogP contribution < -0.4 is 5.30 Å². The fourth-order valence-corrected chi connectivity index (χ4v) is 1.90. The molecule has 0 N–H and O–H groups in total. The van der Waals surface area contributed by atoms with E-state index in [1.54, 1.807) is 0 Å². The molecule has 1 aromatic rings. The second kappa shape index (κ2) is 4.62. The molecular formula is C11H15P. The highest BCUT2D eigenvalue weighted by molar-refractivity contribution is 7.27. The molecule has 0 nitrogen and oxygen atoms in total. The van der Waals surface area contributed by atoms with E-state index in [1.807, 2.05) is 6.07 Å². The van der Waals surface area contributed by atoms with Gasteiger partial charge in [-0.05, 0) is 38.9 Å². The van der Waals surface area contributed by atoms with Crippen LogP contribution in [0.15, 0.2) is 24.3 Å². The minimum atomic E-state index is 0.679. The van der Waals surface area contributed by atoms with E-state index in [0.717, 1.165) is 5.30 Å². The van der Waals surface area contributed by atoms with Gasteiger partial charge in [0.25, 0.3) is 0 Å². The molecule has 0 heterocycles. The van der Waals surface area contributed by atoms with Crippen molar-refractivity contribution in [2.24, 2.45) is 0 Å². The summed E-state index contributed by atoms with van der Waals surface area (Å²) in [5.41, 5.74) is 1.39. The predicted molar refractivity (Wildman–Crippen MR) is 56.3 cm³/mol. The van der Waals surface area contributed by atoms with Gasteiger partial charge in [-0.1, -0.05) is 38.1 Å². The molecule has 0 spiro atoms. The Morgan fingerprint density at radius 2 is 1.75 bits per heavy atom. The van der Waals surface area contributed by atoms with Crippen molar-refractivity contribution in [3.05, 3.63) is 29.8 Å². The second-order valence-electron chi connectivity index (χ2n) is 3.07. The van der Waals surface area contributed by atoms with Crippen molar-refractivity contribution in [2.45, 2.75) is 32.6 Å². The van der Waals surface area contributed by atoms with Crippen LogP contribution in [0.2, 0.25) is 0 Å². The summed E-state index contributed by atoms with van der Waals surface area (Å²) in [6, 6.07) is 8.37. The predicted octanol–water partition coefficient (Wildman–Crippen LogP) is 3.63. The maximum absolute atomic E-state index is 4.45. The van der Waals surface area contributed by atoms with E-state index in [2.05, 4.69) is 41.3 Å². The zero-order chi connectivity index (χ0) is 8.97. The minimum absolute atomic E-state index is 0.679. The number of rotatable bonds is 3. The molecule has 0 saturated carbocycles. The van der Waals surface area contributed by atoms with Gasteiger partial charge in [0.2, 0.25) is 0 Å². The van der Waals surface area contributed by atoms with Crippen LogP contribution in [0.25, 0.3) is 0 Å². The maximum atomic E-state index is 4.45. The van der Waals surface area contributed by atoms with Crippen molar-refractivity contribution in [2.75, 3.05) is 0 Å². The van der Waals surface area contributed by atoms with Gasteiger partial charge >= 0.3 is 0 Å². The Morgan fingerprint density at radius 3 is 2.25 bits per heavy atom. The van der Waals surface area contributed by atoms with Crippen LogP contribution in [-0.4, -0.2) is 0 Å². The molecule has 0 saturated heterocycles. The van der Waals surface area contributed by atoms with Crippen LogP contribution in [-0.2, 0) is 0 Å². The van der Waals surface area contributed by atoms with Gasteiger partial charge in [0.1, 0.15) is 0 Å². The summed E-state index contributed by atoms with van der Waals surface area (Å²) < 4.78 is 0. The van der Waals surface area contributed by atoms with Gasteiger partial charge in [0.15, 0.2) is 0 Å². The Morgan fingerprint density at radius 1 is 1.17 bits per heavy atom. The standard InChI is InChI=1S/C11H15P/c1-3-9(4-2)10-7-5-6-8-11(10)12/h5-9H,3-4H2,1-2H3. The Kier molecular flexibility index (Phi) is 3.75. The summed E-state index contributed by atoms with van der Waals surface area (Å²) in [6.07, 6.45) is 2.40. The average Bonchev–Trinajstić information content (AvgIpc) is 2.10. The minimum Gasteiger partial charge on any atom is -0.0648 e. The van der Waals surface area contributed by atoms with E-state index in [4.69, 9.17) is 0 Å². The van der Waals surface area contributed by atoms with Crippen LogP contribution in [0.4, 0.5) is 0 Å². The van der Waals surface area contributed by atoms with Crippen LogP contribution in [0.1, 0.15) is 38.2 Å². The number of hydrogen-bond acceptors (Lipinski definition) is 0. The van der Waals surface area contributed by atoms with E-state index in [0.29, 0.717) is 5.92 Å². The summed E-state index contributed by atoms with van der Waals surface area (Å²) in [6.45, 7) is 4.46. The maximum Gasteiger partial charge on any atom is -0.00532 e. The first-order valence-electron chi connectivity index (χ1n) is 4.57. The quantitative estimate of drug-likeness (QED) is 0.620. The molecule has 1 rings (SSSR count). The summed E-state index contributed by atoms with van der Waals surface area (Å²) in [7, 11) is 4.45. The molecule has 64 valence electrons. The molecule has 0 fully saturated rings. The molecule has 0 bridgehead atoms. The Labute approximate surface area is 77.6 Å². The van der Waals surface area contributed by atoms with Crippen LogP contribution in [0, 0.1) is 0 Å². The van der Waals surface area contributed by atoms with Gasteiger partial charge in [-0.15, -0.1) is 0 Å². The largest absolute Gasteiger partial charge is 0.0648 e. The average molecular weight is 178 g/mol. The van der Waals surface area contributed by atoms with E-state index in [-0.39, 0.29) is 0 Å². The molecule has 1 heteroatoms. The van der Waals surface area contributed by atoms with Gasteiger partial charge in [-0.2, -0.15) is 0 Å². The highest BCUT2D eigenvalue weighted by Gasteiger charge is 2.08. The van der Waals surface area contributed by atoms with E-state index < -0.39 is 0 Å². The highest BCUT2D eigenvalue weighted by atomic mass is 31.0. The lowest BCUT2D eigenvalue weighted by Gasteiger charge is -2.14. The van der Waals surface area contributed by atoms with Crippen LogP contribution >= 0.6 is 9.24 Å². The van der Waals surface area contributed by atoms with Crippen molar-refractivity contribution >= 4 is 14.5 Å². The molecule has 0 aliphatic heterocycles. The molecule has 2 radical (unpaired) electrons. The zero-order valence-electron chi connectivity index (χ0n) is 7.75. The first-order valence-corrected chi connectivity index (χ1v) is 5.02. The summed E-state index contributed by atoms with van der Waals surface area (Å²) in [5.74, 6) is 0.679. The number of hydrogen-bond donors (Lipinski definition) is 0. The van der Waals surface area contributed by atoms with E-state index >= 15 is 0 Å². The Hall–Kier alpha value is -0.350. The third kappa shape index (κ3) is 2.08. The van der Waals surface area contributed by atoms with Gasteiger partial charge in [0, 0.05) is 0 Å². The van der Waals surface area contributed by atoms with Crippen LogP contribution in [0.5, 0.6) is 0 Å². The molecule has 12 heavy (non-hydrogen) atoms. The SMILES string of the molecule is CCC(CC)c1ccccc1[P]. The fraction of sp³-hybridized carbons (Fsp3) is 0.455. The van der Waals surface area contributed by atoms with Crippen molar-refractivity contribution in [1.29, 1.82) is 0 Å². The first kappa shape index (κ1) is 9.74. The van der Waals surface area contributed by atoms with Gasteiger partial charge < -0.3 is 0 Å². The molecule has 0 atom stereocenters. The van der Waals surface area contributed by atoms with E-state index in [9.17, 15) is 0 Å². The lowest BCUT2D eigenvalue weighted by molar-refractivity contribution is 0.645. The first-order chi connectivity index (χ1) is 5.79. The van der Waals surface area contributed by atoms with E-state index in [1.165, 1.54) is 18.4 Å². The van der Waals surface area contributed by atoms with Crippen LogP contribution in [0.3, 0.4) is 0 Å². The highest BCUT2D eigenvalue weighted by Crippen LogP contribution is 2.21. The topological polar surface area (TPSA) is 0 Å². The van der Waals surface area contributed by atoms with Crippen molar-refractivity contribution in [3.8, 4) is 0 Å². The molecule has 0 amide bonds. The second-order valence-corrected chi connectivity index (χ2v) is 3.55. The molecule has 0 aromatic heterocycles. The van der Waals surface area contributed by atoms with Gasteiger partial charge in [-0.25, -0.2) is 0 Å². The summed E-state index contributed by atoms with van der Waals surface area (Å²) in [4.78, 5) is 0. The Bertz CT molecular complexity index is 239. The third-order valence-electron chi connectivity index (χ3n) is 2.36. The monoisotopic (exact) mass is 178 g/mol. The normalized spacial score (nSPS) is 10.7. The molecular weight excluding hydrogens is 163 g/mol. The third-order valence-corrected chi connectivity index (χ3v) is 2.77. The number of benzene rings is 1.